The second-order valence-corrected chi connectivity index (χ2v) is 9.13. The Morgan fingerprint density at radius 3 is 2.61 bits per heavy atom. The Morgan fingerprint density at radius 2 is 2.00 bits per heavy atom. The molecule has 2 rings (SSSR count). The summed E-state index contributed by atoms with van der Waals surface area (Å²) in [6.07, 6.45) is 7.31. The summed E-state index contributed by atoms with van der Waals surface area (Å²) in [4.78, 5) is 10.9. The average Bonchev–Trinajstić information content (AvgIpc) is 2.34. The molecule has 0 spiro atoms. The molecule has 2 aliphatic rings. The van der Waals surface area contributed by atoms with E-state index in [0.29, 0.717) is 11.8 Å². The monoisotopic (exact) mass is 322 g/mol. The molecule has 3 heteroatoms. The predicted octanol–water partition coefficient (Wildman–Crippen LogP) is 4.65. The highest BCUT2D eigenvalue weighted by Crippen LogP contribution is 2.60. The molecule has 2 aliphatic carbocycles. The fourth-order valence-electron chi connectivity index (χ4n) is 5.71. The standard InChI is InChI=1S/C20H34O3/c1-13(10-18(22)23)6-8-16-14(2)7-9-17-19(3,4)11-15(21)12-20(16,17)5/h7,13,15-17,21H,6,8-12H2,1-5H3,(H,22,23)/t13-,15+,16+,17+,20+/m1/s1. The van der Waals surface area contributed by atoms with Crippen molar-refractivity contribution >= 4 is 5.97 Å². The third-order valence-corrected chi connectivity index (χ3v) is 6.67. The number of carbonyl (C=O) groups is 1. The number of aliphatic hydroxyl groups excluding tert-OH is 1. The second-order valence-electron chi connectivity index (χ2n) is 9.13. The number of aliphatic carboxylic acids is 1. The van der Waals surface area contributed by atoms with Crippen LogP contribution in [0.15, 0.2) is 11.6 Å². The molecule has 2 N–H and O–H groups in total. The molecule has 1 saturated carbocycles. The smallest absolute Gasteiger partial charge is 0.303 e. The van der Waals surface area contributed by atoms with Gasteiger partial charge in [-0.1, -0.05) is 39.3 Å². The van der Waals surface area contributed by atoms with Gasteiger partial charge in [-0.25, -0.2) is 0 Å². The topological polar surface area (TPSA) is 57.5 Å². The lowest BCUT2D eigenvalue weighted by molar-refractivity contribution is -0.138. The minimum atomic E-state index is -0.702. The van der Waals surface area contributed by atoms with Crippen molar-refractivity contribution in [2.24, 2.45) is 28.6 Å². The van der Waals surface area contributed by atoms with Crippen molar-refractivity contribution in [2.75, 3.05) is 0 Å². The molecule has 0 aromatic rings. The van der Waals surface area contributed by atoms with E-state index in [4.69, 9.17) is 5.11 Å². The molecule has 132 valence electrons. The number of hydrogen-bond acceptors (Lipinski definition) is 2. The van der Waals surface area contributed by atoms with Gasteiger partial charge in [-0.15, -0.1) is 0 Å². The number of carboxylic acids is 1. The number of hydrogen-bond donors (Lipinski definition) is 2. The molecule has 0 unspecified atom stereocenters. The zero-order valence-electron chi connectivity index (χ0n) is 15.4. The van der Waals surface area contributed by atoms with Gasteiger partial charge in [-0.05, 0) is 67.6 Å². The highest BCUT2D eigenvalue weighted by atomic mass is 16.4. The molecule has 0 aromatic heterocycles. The molecule has 0 saturated heterocycles. The first-order chi connectivity index (χ1) is 10.6. The first kappa shape index (κ1) is 18.5. The minimum absolute atomic E-state index is 0.128. The maximum Gasteiger partial charge on any atom is 0.303 e. The summed E-state index contributed by atoms with van der Waals surface area (Å²) < 4.78 is 0. The third kappa shape index (κ3) is 3.81. The lowest BCUT2D eigenvalue weighted by atomic mass is 9.47. The van der Waals surface area contributed by atoms with Gasteiger partial charge in [0.2, 0.25) is 0 Å². The minimum Gasteiger partial charge on any atom is -0.481 e. The fourth-order valence-corrected chi connectivity index (χ4v) is 5.71. The Hall–Kier alpha value is -0.830. The van der Waals surface area contributed by atoms with E-state index in [0.717, 1.165) is 32.1 Å². The first-order valence-corrected chi connectivity index (χ1v) is 9.13. The molecule has 3 nitrogen and oxygen atoms in total. The Morgan fingerprint density at radius 1 is 1.35 bits per heavy atom. The van der Waals surface area contributed by atoms with Gasteiger partial charge in [0.1, 0.15) is 0 Å². The SMILES string of the molecule is CC1=CC[C@H]2C(C)(C)C[C@H](O)C[C@@]2(C)[C@H]1CC[C@@H](C)CC(=O)O. The van der Waals surface area contributed by atoms with Crippen LogP contribution in [0.2, 0.25) is 0 Å². The van der Waals surface area contributed by atoms with Crippen LogP contribution in [0.5, 0.6) is 0 Å². The molecule has 5 atom stereocenters. The van der Waals surface area contributed by atoms with Crippen LogP contribution in [-0.4, -0.2) is 22.3 Å². The van der Waals surface area contributed by atoms with E-state index < -0.39 is 5.97 Å². The summed E-state index contributed by atoms with van der Waals surface area (Å²) in [5.41, 5.74) is 1.73. The van der Waals surface area contributed by atoms with Gasteiger partial charge in [-0.3, -0.25) is 4.79 Å². The van der Waals surface area contributed by atoms with Gasteiger partial charge in [0.15, 0.2) is 0 Å². The maximum atomic E-state index is 10.9. The van der Waals surface area contributed by atoms with E-state index in [9.17, 15) is 9.90 Å². The summed E-state index contributed by atoms with van der Waals surface area (Å²) in [6.45, 7) is 11.2. The molecular formula is C20H34O3. The Kier molecular flexibility index (Phi) is 5.30. The number of carboxylic acid groups (broad SMARTS) is 1. The van der Waals surface area contributed by atoms with E-state index >= 15 is 0 Å². The quantitative estimate of drug-likeness (QED) is 0.725. The van der Waals surface area contributed by atoms with Gasteiger partial charge >= 0.3 is 5.97 Å². The van der Waals surface area contributed by atoms with E-state index in [1.807, 2.05) is 6.92 Å². The number of rotatable bonds is 5. The lowest BCUT2D eigenvalue weighted by Gasteiger charge is -2.58. The van der Waals surface area contributed by atoms with E-state index in [1.165, 1.54) is 5.57 Å². The lowest BCUT2D eigenvalue weighted by Crippen LogP contribution is -2.52. The van der Waals surface area contributed by atoms with Gasteiger partial charge in [0, 0.05) is 6.42 Å². The molecule has 0 amide bonds. The van der Waals surface area contributed by atoms with Crippen molar-refractivity contribution in [2.45, 2.75) is 79.2 Å². The van der Waals surface area contributed by atoms with E-state index in [-0.39, 0.29) is 29.3 Å². The molecule has 1 fully saturated rings. The van der Waals surface area contributed by atoms with Crippen LogP contribution in [0.4, 0.5) is 0 Å². The largest absolute Gasteiger partial charge is 0.481 e. The average molecular weight is 322 g/mol. The van der Waals surface area contributed by atoms with Crippen LogP contribution in [0.3, 0.4) is 0 Å². The highest BCUT2D eigenvalue weighted by molar-refractivity contribution is 5.66. The van der Waals surface area contributed by atoms with Crippen molar-refractivity contribution in [3.05, 3.63) is 11.6 Å². The first-order valence-electron chi connectivity index (χ1n) is 9.13. The molecule has 0 aromatic carbocycles. The van der Waals surface area contributed by atoms with E-state index in [1.54, 1.807) is 0 Å². The fraction of sp³-hybridized carbons (Fsp3) is 0.850. The van der Waals surface area contributed by atoms with Crippen molar-refractivity contribution in [3.8, 4) is 0 Å². The molecular weight excluding hydrogens is 288 g/mol. The van der Waals surface area contributed by atoms with Crippen LogP contribution in [0.1, 0.15) is 73.1 Å². The van der Waals surface area contributed by atoms with E-state index in [2.05, 4.69) is 33.8 Å². The molecule has 0 heterocycles. The normalized spacial score (nSPS) is 37.7. The molecule has 0 radical (unpaired) electrons. The zero-order chi connectivity index (χ0) is 17.4. The van der Waals surface area contributed by atoms with Crippen LogP contribution in [-0.2, 0) is 4.79 Å². The van der Waals surface area contributed by atoms with Crippen LogP contribution >= 0.6 is 0 Å². The van der Waals surface area contributed by atoms with Gasteiger partial charge in [-0.2, -0.15) is 0 Å². The summed E-state index contributed by atoms with van der Waals surface area (Å²) in [5, 5.41) is 19.4. The maximum absolute atomic E-state index is 10.9. The van der Waals surface area contributed by atoms with Crippen molar-refractivity contribution in [1.82, 2.24) is 0 Å². The Labute approximate surface area is 141 Å². The summed E-state index contributed by atoms with van der Waals surface area (Å²) >= 11 is 0. The zero-order valence-corrected chi connectivity index (χ0v) is 15.4. The second kappa shape index (κ2) is 6.58. The predicted molar refractivity (Wildman–Crippen MR) is 93.1 cm³/mol. The van der Waals surface area contributed by atoms with Gasteiger partial charge < -0.3 is 10.2 Å². The number of aliphatic hydroxyl groups is 1. The van der Waals surface area contributed by atoms with Crippen LogP contribution < -0.4 is 0 Å². The highest BCUT2D eigenvalue weighted by Gasteiger charge is 2.53. The summed E-state index contributed by atoms with van der Waals surface area (Å²) in [5.74, 6) is 0.575. The van der Waals surface area contributed by atoms with Crippen molar-refractivity contribution in [3.63, 3.8) is 0 Å². The number of fused-ring (bicyclic) bond motifs is 1. The summed E-state index contributed by atoms with van der Waals surface area (Å²) in [6, 6.07) is 0. The van der Waals surface area contributed by atoms with Crippen LogP contribution in [0, 0.1) is 28.6 Å². The molecule has 23 heavy (non-hydrogen) atoms. The Bertz CT molecular complexity index is 479. The Balaban J connectivity index is 2.18. The van der Waals surface area contributed by atoms with Gasteiger partial charge in [0.25, 0.3) is 0 Å². The van der Waals surface area contributed by atoms with Gasteiger partial charge in [0.05, 0.1) is 6.10 Å². The summed E-state index contributed by atoms with van der Waals surface area (Å²) in [7, 11) is 0. The third-order valence-electron chi connectivity index (χ3n) is 6.67. The van der Waals surface area contributed by atoms with Crippen LogP contribution in [0.25, 0.3) is 0 Å². The molecule has 0 aliphatic heterocycles. The van der Waals surface area contributed by atoms with Crippen molar-refractivity contribution < 1.29 is 15.0 Å². The number of allylic oxidation sites excluding steroid dienone is 2. The molecule has 0 bridgehead atoms. The van der Waals surface area contributed by atoms with Crippen molar-refractivity contribution in [1.29, 1.82) is 0 Å².